The molecule has 150 valence electrons. The highest BCUT2D eigenvalue weighted by Gasteiger charge is 2.56. The zero-order chi connectivity index (χ0) is 19.3. The normalized spacial score (nSPS) is 35.5. The Morgan fingerprint density at radius 3 is 2.26 bits per heavy atom. The Hall–Kier alpha value is -0.870. The smallest absolute Gasteiger partial charge is 0.212 e. The Bertz CT molecular complexity index is 749. The summed E-state index contributed by atoms with van der Waals surface area (Å²) in [5.74, 6) is 2.12. The van der Waals surface area contributed by atoms with Crippen LogP contribution in [0.3, 0.4) is 0 Å². The van der Waals surface area contributed by atoms with Crippen LogP contribution in [0.4, 0.5) is 0 Å². The lowest BCUT2D eigenvalue weighted by Gasteiger charge is -2.61. The Morgan fingerprint density at radius 1 is 1.04 bits per heavy atom. The summed E-state index contributed by atoms with van der Waals surface area (Å²) in [7, 11) is -3.23. The van der Waals surface area contributed by atoms with Crippen molar-refractivity contribution in [2.24, 2.45) is 28.6 Å². The molecule has 0 radical (unpaired) electrons. The average molecular weight is 390 g/mol. The van der Waals surface area contributed by atoms with Crippen molar-refractivity contribution in [2.45, 2.75) is 71.8 Å². The SMILES string of the molecule is CC(C)(C)CC12CC3CC(C1)C(NS(=O)(=O)CCc1ccccc1)C(C3)C2. The van der Waals surface area contributed by atoms with E-state index in [1.807, 2.05) is 30.3 Å². The highest BCUT2D eigenvalue weighted by atomic mass is 32.2. The molecule has 4 aliphatic rings. The molecule has 0 heterocycles. The van der Waals surface area contributed by atoms with Gasteiger partial charge in [-0.2, -0.15) is 0 Å². The van der Waals surface area contributed by atoms with Gasteiger partial charge < -0.3 is 0 Å². The van der Waals surface area contributed by atoms with Gasteiger partial charge in [0.2, 0.25) is 10.0 Å². The van der Waals surface area contributed by atoms with Crippen molar-refractivity contribution in [3.8, 4) is 0 Å². The molecule has 0 aliphatic heterocycles. The van der Waals surface area contributed by atoms with Gasteiger partial charge in [0.05, 0.1) is 5.75 Å². The van der Waals surface area contributed by atoms with Gasteiger partial charge in [-0.1, -0.05) is 51.1 Å². The summed E-state index contributed by atoms with van der Waals surface area (Å²) in [5.41, 5.74) is 1.92. The summed E-state index contributed by atoms with van der Waals surface area (Å²) < 4.78 is 28.7. The predicted octanol–water partition coefficient (Wildman–Crippen LogP) is 4.78. The summed E-state index contributed by atoms with van der Waals surface area (Å²) >= 11 is 0. The van der Waals surface area contributed by atoms with Crippen LogP contribution < -0.4 is 4.72 Å². The van der Waals surface area contributed by atoms with Gasteiger partial charge >= 0.3 is 0 Å². The van der Waals surface area contributed by atoms with Crippen LogP contribution in [0.15, 0.2) is 30.3 Å². The van der Waals surface area contributed by atoms with E-state index in [-0.39, 0.29) is 11.8 Å². The first-order valence-corrected chi connectivity index (χ1v) is 12.3. The fraction of sp³-hybridized carbons (Fsp3) is 0.739. The van der Waals surface area contributed by atoms with Crippen molar-refractivity contribution in [3.05, 3.63) is 35.9 Å². The van der Waals surface area contributed by atoms with Crippen LogP contribution in [-0.2, 0) is 16.4 Å². The van der Waals surface area contributed by atoms with E-state index < -0.39 is 10.0 Å². The fourth-order valence-electron chi connectivity index (χ4n) is 6.89. The van der Waals surface area contributed by atoms with E-state index in [4.69, 9.17) is 0 Å². The highest BCUT2D eigenvalue weighted by Crippen LogP contribution is 2.63. The van der Waals surface area contributed by atoms with Crippen LogP contribution in [-0.4, -0.2) is 20.2 Å². The van der Waals surface area contributed by atoms with Gasteiger partial charge in [0, 0.05) is 6.04 Å². The minimum absolute atomic E-state index is 0.176. The molecule has 1 aromatic rings. The molecule has 27 heavy (non-hydrogen) atoms. The minimum atomic E-state index is -3.23. The molecule has 4 saturated carbocycles. The van der Waals surface area contributed by atoms with Gasteiger partial charge in [-0.25, -0.2) is 13.1 Å². The van der Waals surface area contributed by atoms with Gasteiger partial charge in [-0.05, 0) is 79.1 Å². The highest BCUT2D eigenvalue weighted by molar-refractivity contribution is 7.89. The molecule has 0 saturated heterocycles. The lowest BCUT2D eigenvalue weighted by atomic mass is 9.46. The van der Waals surface area contributed by atoms with Crippen LogP contribution in [0.5, 0.6) is 0 Å². The van der Waals surface area contributed by atoms with Crippen molar-refractivity contribution in [1.29, 1.82) is 0 Å². The van der Waals surface area contributed by atoms with Crippen LogP contribution in [0.1, 0.15) is 64.9 Å². The number of aryl methyl sites for hydroxylation is 1. The van der Waals surface area contributed by atoms with Crippen molar-refractivity contribution >= 4 is 10.0 Å². The molecule has 4 fully saturated rings. The molecule has 4 aliphatic carbocycles. The van der Waals surface area contributed by atoms with Gasteiger partial charge in [0.15, 0.2) is 0 Å². The van der Waals surface area contributed by atoms with Gasteiger partial charge in [0.1, 0.15) is 0 Å². The topological polar surface area (TPSA) is 46.2 Å². The molecular weight excluding hydrogens is 354 g/mol. The third kappa shape index (κ3) is 4.42. The van der Waals surface area contributed by atoms with Crippen molar-refractivity contribution in [2.75, 3.05) is 5.75 Å². The second-order valence-electron chi connectivity index (χ2n) is 10.9. The second kappa shape index (κ2) is 6.88. The molecular formula is C23H35NO2S. The fourth-order valence-corrected chi connectivity index (χ4v) is 8.31. The summed E-state index contributed by atoms with van der Waals surface area (Å²) in [6.07, 6.45) is 8.17. The first-order chi connectivity index (χ1) is 12.6. The summed E-state index contributed by atoms with van der Waals surface area (Å²) in [4.78, 5) is 0. The Morgan fingerprint density at radius 2 is 1.67 bits per heavy atom. The maximum Gasteiger partial charge on any atom is 0.212 e. The summed E-state index contributed by atoms with van der Waals surface area (Å²) in [5, 5.41) is 0. The van der Waals surface area contributed by atoms with Gasteiger partial charge in [0.25, 0.3) is 0 Å². The van der Waals surface area contributed by atoms with Crippen molar-refractivity contribution < 1.29 is 8.42 Å². The van der Waals surface area contributed by atoms with Crippen molar-refractivity contribution in [3.63, 3.8) is 0 Å². The molecule has 4 bridgehead atoms. The third-order valence-electron chi connectivity index (χ3n) is 7.12. The molecule has 2 unspecified atom stereocenters. The maximum atomic E-state index is 12.8. The Balaban J connectivity index is 1.42. The predicted molar refractivity (Wildman–Crippen MR) is 111 cm³/mol. The molecule has 1 N–H and O–H groups in total. The monoisotopic (exact) mass is 389 g/mol. The molecule has 5 rings (SSSR count). The van der Waals surface area contributed by atoms with E-state index in [0.29, 0.717) is 29.1 Å². The molecule has 1 aromatic carbocycles. The van der Waals surface area contributed by atoms with Crippen LogP contribution in [0.25, 0.3) is 0 Å². The number of hydrogen-bond donors (Lipinski definition) is 1. The summed E-state index contributed by atoms with van der Waals surface area (Å²) in [6.45, 7) is 7.07. The van der Waals surface area contributed by atoms with E-state index in [1.165, 1.54) is 38.5 Å². The van der Waals surface area contributed by atoms with E-state index >= 15 is 0 Å². The number of rotatable bonds is 6. The average Bonchev–Trinajstić information content (AvgIpc) is 2.55. The number of nitrogens with one attached hydrogen (secondary N) is 1. The lowest BCUT2D eigenvalue weighted by molar-refractivity contribution is -0.0881. The minimum Gasteiger partial charge on any atom is -0.212 e. The van der Waals surface area contributed by atoms with Gasteiger partial charge in [-0.3, -0.25) is 0 Å². The first-order valence-electron chi connectivity index (χ1n) is 10.7. The lowest BCUT2D eigenvalue weighted by Crippen LogP contribution is -2.59. The van der Waals surface area contributed by atoms with E-state index in [0.717, 1.165) is 11.5 Å². The number of sulfonamides is 1. The first kappa shape index (κ1) is 19.4. The quantitative estimate of drug-likeness (QED) is 0.761. The number of benzene rings is 1. The van der Waals surface area contributed by atoms with Crippen LogP contribution >= 0.6 is 0 Å². The molecule has 4 heteroatoms. The maximum absolute atomic E-state index is 12.8. The molecule has 2 atom stereocenters. The van der Waals surface area contributed by atoms with Crippen molar-refractivity contribution in [1.82, 2.24) is 4.72 Å². The third-order valence-corrected chi connectivity index (χ3v) is 8.50. The van der Waals surface area contributed by atoms with Crippen LogP contribution in [0, 0.1) is 28.6 Å². The molecule has 0 spiro atoms. The Labute approximate surface area is 165 Å². The largest absolute Gasteiger partial charge is 0.212 e. The van der Waals surface area contributed by atoms with Gasteiger partial charge in [-0.15, -0.1) is 0 Å². The zero-order valence-electron chi connectivity index (χ0n) is 17.1. The van der Waals surface area contributed by atoms with E-state index in [9.17, 15) is 8.42 Å². The van der Waals surface area contributed by atoms with Crippen LogP contribution in [0.2, 0.25) is 0 Å². The van der Waals surface area contributed by atoms with E-state index in [2.05, 4.69) is 25.5 Å². The molecule has 0 aromatic heterocycles. The number of hydrogen-bond acceptors (Lipinski definition) is 2. The standard InChI is InChI=1S/C23H35NO2S/c1-22(2,3)16-23-13-18-11-19(14-23)21(20(12-18)15-23)24-27(25,26)10-9-17-7-5-4-6-8-17/h4-8,18-21,24H,9-16H2,1-3H3. The van der Waals surface area contributed by atoms with E-state index in [1.54, 1.807) is 0 Å². The zero-order valence-corrected chi connectivity index (χ0v) is 17.9. The summed E-state index contributed by atoms with van der Waals surface area (Å²) in [6, 6.07) is 10.1. The Kier molecular flexibility index (Phi) is 4.95. The second-order valence-corrected chi connectivity index (χ2v) is 12.8. The molecule has 0 amide bonds. The molecule has 3 nitrogen and oxygen atoms in total.